The van der Waals surface area contributed by atoms with Gasteiger partial charge in [0.05, 0.1) is 23.7 Å². The standard InChI is InChI=1S/C15H26N4O3S/c1-11-14(12(2)18-17-11)5-4-7-16-15(20)9-19(3)13-6-8-23(21,22)10-13/h13H,4-10H2,1-3H3,(H,16,20)(H,17,18). The molecule has 0 bridgehead atoms. The van der Waals surface area contributed by atoms with Crippen LogP contribution in [-0.4, -0.2) is 67.1 Å². The lowest BCUT2D eigenvalue weighted by Crippen LogP contribution is -2.41. The van der Waals surface area contributed by atoms with Gasteiger partial charge in [-0.15, -0.1) is 0 Å². The second-order valence-corrected chi connectivity index (χ2v) is 8.57. The zero-order valence-corrected chi connectivity index (χ0v) is 14.9. The Morgan fingerprint density at radius 3 is 2.74 bits per heavy atom. The van der Waals surface area contributed by atoms with Gasteiger partial charge < -0.3 is 5.32 Å². The van der Waals surface area contributed by atoms with E-state index in [2.05, 4.69) is 15.5 Å². The maximum atomic E-state index is 11.9. The third-order valence-electron chi connectivity index (χ3n) is 4.43. The molecule has 1 aliphatic rings. The first-order valence-corrected chi connectivity index (χ1v) is 9.78. The molecule has 1 aromatic heterocycles. The van der Waals surface area contributed by atoms with Crippen LogP contribution < -0.4 is 5.32 Å². The van der Waals surface area contributed by atoms with Crippen molar-refractivity contribution in [2.24, 2.45) is 0 Å². The normalized spacial score (nSPS) is 20.1. The van der Waals surface area contributed by atoms with E-state index in [1.54, 1.807) is 0 Å². The summed E-state index contributed by atoms with van der Waals surface area (Å²) in [4.78, 5) is 13.8. The molecule has 1 amide bonds. The number of aromatic nitrogens is 2. The second-order valence-electron chi connectivity index (χ2n) is 6.34. The van der Waals surface area contributed by atoms with Gasteiger partial charge in [0.15, 0.2) is 9.84 Å². The Balaban J connectivity index is 1.67. The fourth-order valence-electron chi connectivity index (χ4n) is 2.97. The summed E-state index contributed by atoms with van der Waals surface area (Å²) >= 11 is 0. The summed E-state index contributed by atoms with van der Waals surface area (Å²) in [5.74, 6) is 0.334. The quantitative estimate of drug-likeness (QED) is 0.690. The molecule has 130 valence electrons. The molecule has 1 atom stereocenters. The van der Waals surface area contributed by atoms with Crippen LogP contribution in [0.1, 0.15) is 29.8 Å². The maximum absolute atomic E-state index is 11.9. The number of nitrogens with zero attached hydrogens (tertiary/aromatic N) is 2. The van der Waals surface area contributed by atoms with Crippen molar-refractivity contribution in [3.05, 3.63) is 17.0 Å². The lowest BCUT2D eigenvalue weighted by molar-refractivity contribution is -0.122. The van der Waals surface area contributed by atoms with E-state index in [0.717, 1.165) is 24.2 Å². The van der Waals surface area contributed by atoms with E-state index in [4.69, 9.17) is 0 Å². The molecule has 2 heterocycles. The number of aromatic amines is 1. The number of aryl methyl sites for hydroxylation is 2. The van der Waals surface area contributed by atoms with Crippen LogP contribution in [0, 0.1) is 13.8 Å². The van der Waals surface area contributed by atoms with E-state index in [1.807, 2.05) is 25.8 Å². The number of likely N-dealkylation sites (N-methyl/N-ethyl adjacent to an activating group) is 1. The van der Waals surface area contributed by atoms with E-state index in [0.29, 0.717) is 13.0 Å². The highest BCUT2D eigenvalue weighted by Gasteiger charge is 2.31. The van der Waals surface area contributed by atoms with Crippen LogP contribution in [0.15, 0.2) is 0 Å². The zero-order chi connectivity index (χ0) is 17.0. The molecule has 0 aromatic carbocycles. The lowest BCUT2D eigenvalue weighted by Gasteiger charge is -2.22. The van der Waals surface area contributed by atoms with Crippen LogP contribution in [0.4, 0.5) is 0 Å². The fourth-order valence-corrected chi connectivity index (χ4v) is 4.78. The first-order chi connectivity index (χ1) is 10.8. The topological polar surface area (TPSA) is 95.2 Å². The molecule has 7 nitrogen and oxygen atoms in total. The van der Waals surface area contributed by atoms with Crippen molar-refractivity contribution in [2.75, 3.05) is 31.6 Å². The summed E-state index contributed by atoms with van der Waals surface area (Å²) in [6, 6.07) is -0.0398. The van der Waals surface area contributed by atoms with E-state index in [1.165, 1.54) is 5.56 Å². The molecular formula is C15H26N4O3S. The van der Waals surface area contributed by atoms with Gasteiger partial charge in [-0.05, 0) is 45.7 Å². The van der Waals surface area contributed by atoms with E-state index in [-0.39, 0.29) is 30.0 Å². The Bertz CT molecular complexity index is 634. The molecule has 0 saturated carbocycles. The molecule has 1 saturated heterocycles. The van der Waals surface area contributed by atoms with Crippen LogP contribution in [0.2, 0.25) is 0 Å². The first kappa shape index (κ1) is 17.9. The SMILES string of the molecule is Cc1n[nH]c(C)c1CCCNC(=O)CN(C)C1CCS(=O)(=O)C1. The van der Waals surface area contributed by atoms with E-state index >= 15 is 0 Å². The smallest absolute Gasteiger partial charge is 0.234 e. The second kappa shape index (κ2) is 7.44. The third-order valence-corrected chi connectivity index (χ3v) is 6.18. The van der Waals surface area contributed by atoms with Gasteiger partial charge in [0, 0.05) is 18.3 Å². The summed E-state index contributed by atoms with van der Waals surface area (Å²) in [6.07, 6.45) is 2.35. The number of nitrogens with one attached hydrogen (secondary N) is 2. The highest BCUT2D eigenvalue weighted by atomic mass is 32.2. The number of sulfone groups is 1. The van der Waals surface area contributed by atoms with Crippen LogP contribution in [-0.2, 0) is 21.1 Å². The molecule has 1 unspecified atom stereocenters. The Morgan fingerprint density at radius 2 is 2.17 bits per heavy atom. The van der Waals surface area contributed by atoms with Gasteiger partial charge in [0.2, 0.25) is 5.91 Å². The molecule has 23 heavy (non-hydrogen) atoms. The molecule has 2 rings (SSSR count). The number of H-pyrrole nitrogens is 1. The zero-order valence-electron chi connectivity index (χ0n) is 14.1. The summed E-state index contributed by atoms with van der Waals surface area (Å²) < 4.78 is 22.9. The van der Waals surface area contributed by atoms with Gasteiger partial charge in [-0.25, -0.2) is 8.42 Å². The minimum Gasteiger partial charge on any atom is -0.355 e. The average molecular weight is 342 g/mol. The van der Waals surface area contributed by atoms with Crippen LogP contribution in [0.5, 0.6) is 0 Å². The highest BCUT2D eigenvalue weighted by Crippen LogP contribution is 2.16. The number of rotatable bonds is 7. The van der Waals surface area contributed by atoms with Crippen LogP contribution in [0.3, 0.4) is 0 Å². The van der Waals surface area contributed by atoms with Gasteiger partial charge >= 0.3 is 0 Å². The number of carbonyl (C=O) groups excluding carboxylic acids is 1. The molecule has 1 aliphatic heterocycles. The van der Waals surface area contributed by atoms with Gasteiger partial charge in [0.25, 0.3) is 0 Å². The van der Waals surface area contributed by atoms with Crippen molar-refractivity contribution in [3.8, 4) is 0 Å². The minimum absolute atomic E-state index is 0.0398. The van der Waals surface area contributed by atoms with Crippen molar-refractivity contribution in [1.29, 1.82) is 0 Å². The predicted molar refractivity (Wildman–Crippen MR) is 89.1 cm³/mol. The predicted octanol–water partition coefficient (Wildman–Crippen LogP) is 0.194. The lowest BCUT2D eigenvalue weighted by atomic mass is 10.1. The van der Waals surface area contributed by atoms with Crippen molar-refractivity contribution < 1.29 is 13.2 Å². The van der Waals surface area contributed by atoms with E-state index < -0.39 is 9.84 Å². The molecule has 2 N–H and O–H groups in total. The molecule has 0 spiro atoms. The molecule has 1 aromatic rings. The number of hydrogen-bond acceptors (Lipinski definition) is 5. The average Bonchev–Trinajstić information content (AvgIpc) is 2.99. The number of amides is 1. The van der Waals surface area contributed by atoms with Gasteiger partial charge in [0.1, 0.15) is 0 Å². The van der Waals surface area contributed by atoms with Crippen molar-refractivity contribution in [3.63, 3.8) is 0 Å². The first-order valence-electron chi connectivity index (χ1n) is 7.96. The summed E-state index contributed by atoms with van der Waals surface area (Å²) in [7, 11) is -1.10. The molecule has 1 fully saturated rings. The minimum atomic E-state index is -2.91. The summed E-state index contributed by atoms with van der Waals surface area (Å²) in [5.41, 5.74) is 3.31. The molecule has 0 aliphatic carbocycles. The number of hydrogen-bond donors (Lipinski definition) is 2. The highest BCUT2D eigenvalue weighted by molar-refractivity contribution is 7.91. The fraction of sp³-hybridized carbons (Fsp3) is 0.733. The van der Waals surface area contributed by atoms with Gasteiger partial charge in [-0.2, -0.15) is 5.10 Å². The number of carbonyl (C=O) groups is 1. The molecular weight excluding hydrogens is 316 g/mol. The van der Waals surface area contributed by atoms with Crippen molar-refractivity contribution in [2.45, 2.75) is 39.2 Å². The van der Waals surface area contributed by atoms with Crippen LogP contribution >= 0.6 is 0 Å². The third kappa shape index (κ3) is 5.04. The van der Waals surface area contributed by atoms with Gasteiger partial charge in [-0.1, -0.05) is 0 Å². The van der Waals surface area contributed by atoms with Crippen LogP contribution in [0.25, 0.3) is 0 Å². The van der Waals surface area contributed by atoms with Crippen molar-refractivity contribution >= 4 is 15.7 Å². The van der Waals surface area contributed by atoms with Crippen molar-refractivity contribution in [1.82, 2.24) is 20.4 Å². The van der Waals surface area contributed by atoms with Gasteiger partial charge in [-0.3, -0.25) is 14.8 Å². The molecule has 8 heteroatoms. The molecule has 0 radical (unpaired) electrons. The van der Waals surface area contributed by atoms with E-state index in [9.17, 15) is 13.2 Å². The largest absolute Gasteiger partial charge is 0.355 e. The Labute approximate surface area is 137 Å². The summed E-state index contributed by atoms with van der Waals surface area (Å²) in [6.45, 7) is 4.82. The summed E-state index contributed by atoms with van der Waals surface area (Å²) in [5, 5.41) is 10.0. The maximum Gasteiger partial charge on any atom is 0.234 e. The Kier molecular flexibility index (Phi) is 5.80. The Hall–Kier alpha value is -1.41. The monoisotopic (exact) mass is 342 g/mol. The Morgan fingerprint density at radius 1 is 1.43 bits per heavy atom.